The first kappa shape index (κ1) is 13.4. The van der Waals surface area contributed by atoms with Gasteiger partial charge in [0.25, 0.3) is 5.91 Å². The van der Waals surface area contributed by atoms with Crippen molar-refractivity contribution in [2.24, 2.45) is 0 Å². The van der Waals surface area contributed by atoms with Crippen LogP contribution in [0.3, 0.4) is 0 Å². The summed E-state index contributed by atoms with van der Waals surface area (Å²) in [6.07, 6.45) is 5.58. The number of carbonyl (C=O) groups is 2. The highest BCUT2D eigenvalue weighted by Gasteiger charge is 2.69. The predicted octanol–water partition coefficient (Wildman–Crippen LogP) is 1.39. The topological polar surface area (TPSA) is 67.4 Å². The van der Waals surface area contributed by atoms with Gasteiger partial charge in [-0.1, -0.05) is 24.3 Å². The molecule has 22 heavy (non-hydrogen) atoms. The molecule has 3 saturated carbocycles. The lowest BCUT2D eigenvalue weighted by atomic mass is 9.44. The molecule has 1 heterocycles. The largest absolute Gasteiger partial charge is 0.476 e. The standard InChI is InChI=1S/C17H18N2O3/c1-11(20)18-16-8-17(9-16,10-16)19-15(21)14-7-6-12-4-2-3-5-13(12)22-14/h2-7,14H,8-10H2,1H3,(H,18,20)(H,19,21). The third-order valence-corrected chi connectivity index (χ3v) is 4.74. The van der Waals surface area contributed by atoms with Gasteiger partial charge in [0.05, 0.1) is 0 Å². The highest BCUT2D eigenvalue weighted by Crippen LogP contribution is 2.60. The minimum Gasteiger partial charge on any atom is -0.476 e. The number of benzene rings is 1. The Bertz CT molecular complexity index is 675. The third-order valence-electron chi connectivity index (χ3n) is 4.74. The lowest BCUT2D eigenvalue weighted by Gasteiger charge is -2.70. The molecule has 114 valence electrons. The van der Waals surface area contributed by atoms with Crippen molar-refractivity contribution in [3.05, 3.63) is 35.9 Å². The van der Waals surface area contributed by atoms with Crippen molar-refractivity contribution < 1.29 is 14.3 Å². The van der Waals surface area contributed by atoms with Crippen molar-refractivity contribution in [1.29, 1.82) is 0 Å². The number of nitrogens with one attached hydrogen (secondary N) is 2. The van der Waals surface area contributed by atoms with Crippen LogP contribution in [0.2, 0.25) is 0 Å². The van der Waals surface area contributed by atoms with Gasteiger partial charge in [-0.2, -0.15) is 0 Å². The van der Waals surface area contributed by atoms with Gasteiger partial charge in [0, 0.05) is 23.6 Å². The number of hydrogen-bond donors (Lipinski definition) is 2. The van der Waals surface area contributed by atoms with Crippen molar-refractivity contribution in [3.63, 3.8) is 0 Å². The number of carbonyl (C=O) groups excluding carboxylic acids is 2. The van der Waals surface area contributed by atoms with Gasteiger partial charge >= 0.3 is 0 Å². The van der Waals surface area contributed by atoms with Gasteiger partial charge in [-0.05, 0) is 31.4 Å². The molecule has 1 unspecified atom stereocenters. The van der Waals surface area contributed by atoms with Crippen LogP contribution in [-0.2, 0) is 9.59 Å². The fraction of sp³-hybridized carbons (Fsp3) is 0.412. The average Bonchev–Trinajstić information content (AvgIpc) is 2.42. The summed E-state index contributed by atoms with van der Waals surface area (Å²) in [6, 6.07) is 7.66. The number of hydrogen-bond acceptors (Lipinski definition) is 3. The average molecular weight is 298 g/mol. The lowest BCUT2D eigenvalue weighted by molar-refractivity contribution is -0.151. The molecule has 1 atom stereocenters. The summed E-state index contributed by atoms with van der Waals surface area (Å²) in [6.45, 7) is 1.53. The number of amides is 2. The van der Waals surface area contributed by atoms with Gasteiger partial charge in [0.15, 0.2) is 6.10 Å². The van der Waals surface area contributed by atoms with Gasteiger partial charge in [-0.15, -0.1) is 0 Å². The lowest BCUT2D eigenvalue weighted by Crippen LogP contribution is -2.84. The van der Waals surface area contributed by atoms with Gasteiger partial charge in [0.2, 0.25) is 5.91 Å². The van der Waals surface area contributed by atoms with Crippen LogP contribution < -0.4 is 15.4 Å². The zero-order valence-electron chi connectivity index (χ0n) is 12.4. The molecule has 2 bridgehead atoms. The van der Waals surface area contributed by atoms with Crippen LogP contribution in [-0.4, -0.2) is 29.0 Å². The molecule has 1 aromatic carbocycles. The predicted molar refractivity (Wildman–Crippen MR) is 81.2 cm³/mol. The molecule has 5 nitrogen and oxygen atoms in total. The van der Waals surface area contributed by atoms with Crippen LogP contribution in [0, 0.1) is 0 Å². The summed E-state index contributed by atoms with van der Waals surface area (Å²) >= 11 is 0. The Hall–Kier alpha value is -2.30. The Balaban J connectivity index is 1.37. The van der Waals surface area contributed by atoms with E-state index in [0.29, 0.717) is 0 Å². The zero-order chi connectivity index (χ0) is 15.4. The van der Waals surface area contributed by atoms with E-state index >= 15 is 0 Å². The van der Waals surface area contributed by atoms with Crippen LogP contribution in [0.15, 0.2) is 30.3 Å². The van der Waals surface area contributed by atoms with Crippen LogP contribution in [0.25, 0.3) is 6.08 Å². The van der Waals surface area contributed by atoms with E-state index in [1.807, 2.05) is 30.3 Å². The van der Waals surface area contributed by atoms with E-state index in [1.165, 1.54) is 6.92 Å². The Morgan fingerprint density at radius 1 is 1.14 bits per heavy atom. The molecule has 0 aromatic heterocycles. The number of para-hydroxylation sites is 1. The maximum atomic E-state index is 12.4. The number of ether oxygens (including phenoxy) is 1. The molecule has 2 N–H and O–H groups in total. The van der Waals surface area contributed by atoms with Gasteiger partial charge in [-0.3, -0.25) is 9.59 Å². The van der Waals surface area contributed by atoms with Gasteiger partial charge in [0.1, 0.15) is 5.75 Å². The Morgan fingerprint density at radius 2 is 1.82 bits per heavy atom. The monoisotopic (exact) mass is 298 g/mol. The minimum absolute atomic E-state index is 0.00483. The van der Waals surface area contributed by atoms with Crippen LogP contribution >= 0.6 is 0 Å². The highest BCUT2D eigenvalue weighted by atomic mass is 16.5. The highest BCUT2D eigenvalue weighted by molar-refractivity contribution is 5.87. The molecule has 0 radical (unpaired) electrons. The summed E-state index contributed by atoms with van der Waals surface area (Å²) in [4.78, 5) is 23.5. The fourth-order valence-corrected chi connectivity index (χ4v) is 3.99. The minimum atomic E-state index is -0.583. The fourth-order valence-electron chi connectivity index (χ4n) is 3.99. The van der Waals surface area contributed by atoms with Crippen molar-refractivity contribution in [1.82, 2.24) is 10.6 Å². The molecule has 4 aliphatic rings. The van der Waals surface area contributed by atoms with Crippen molar-refractivity contribution in [2.45, 2.75) is 43.4 Å². The maximum absolute atomic E-state index is 12.4. The first-order valence-corrected chi connectivity index (χ1v) is 7.54. The van der Waals surface area contributed by atoms with E-state index in [2.05, 4.69) is 10.6 Å². The molecule has 2 amide bonds. The van der Waals surface area contributed by atoms with Crippen molar-refractivity contribution in [2.75, 3.05) is 0 Å². The van der Waals surface area contributed by atoms with E-state index in [9.17, 15) is 9.59 Å². The Morgan fingerprint density at radius 3 is 2.55 bits per heavy atom. The summed E-state index contributed by atoms with van der Waals surface area (Å²) in [5.74, 6) is 0.620. The molecule has 5 heteroatoms. The Kier molecular flexibility index (Phi) is 2.64. The number of rotatable bonds is 3. The molecule has 5 rings (SSSR count). The second-order valence-electron chi connectivity index (χ2n) is 6.70. The van der Waals surface area contributed by atoms with E-state index in [4.69, 9.17) is 4.74 Å². The summed E-state index contributed by atoms with van der Waals surface area (Å²) in [5.41, 5.74) is 0.768. The molecular formula is C17H18N2O3. The van der Waals surface area contributed by atoms with Crippen LogP contribution in [0.1, 0.15) is 31.7 Å². The zero-order valence-corrected chi connectivity index (χ0v) is 12.4. The molecule has 1 aliphatic heterocycles. The molecule has 0 saturated heterocycles. The van der Waals surface area contributed by atoms with Crippen LogP contribution in [0.5, 0.6) is 5.75 Å². The van der Waals surface area contributed by atoms with Crippen molar-refractivity contribution >= 4 is 17.9 Å². The normalized spacial score (nSPS) is 33.6. The maximum Gasteiger partial charge on any atom is 0.265 e. The second kappa shape index (κ2) is 4.35. The summed E-state index contributed by atoms with van der Waals surface area (Å²) in [5, 5.41) is 6.07. The summed E-state index contributed by atoms with van der Waals surface area (Å²) in [7, 11) is 0. The van der Waals surface area contributed by atoms with Crippen LogP contribution in [0.4, 0.5) is 0 Å². The quantitative estimate of drug-likeness (QED) is 0.886. The van der Waals surface area contributed by atoms with E-state index in [1.54, 1.807) is 6.08 Å². The van der Waals surface area contributed by atoms with Crippen molar-refractivity contribution in [3.8, 4) is 5.75 Å². The molecule has 1 aromatic rings. The second-order valence-corrected chi connectivity index (χ2v) is 6.70. The SMILES string of the molecule is CC(=O)NC12CC(NC(=O)C3C=Cc4ccccc4O3)(C1)C2. The first-order chi connectivity index (χ1) is 10.5. The summed E-state index contributed by atoms with van der Waals surface area (Å²) < 4.78 is 5.75. The number of fused-ring (bicyclic) bond motifs is 1. The first-order valence-electron chi connectivity index (χ1n) is 7.54. The molecule has 3 aliphatic carbocycles. The van der Waals surface area contributed by atoms with E-state index < -0.39 is 6.10 Å². The Labute approximate surface area is 128 Å². The van der Waals surface area contributed by atoms with Gasteiger partial charge in [-0.25, -0.2) is 0 Å². The van der Waals surface area contributed by atoms with E-state index in [-0.39, 0.29) is 22.9 Å². The molecular weight excluding hydrogens is 280 g/mol. The van der Waals surface area contributed by atoms with E-state index in [0.717, 1.165) is 30.6 Å². The molecule has 0 spiro atoms. The van der Waals surface area contributed by atoms with Gasteiger partial charge < -0.3 is 15.4 Å². The smallest absolute Gasteiger partial charge is 0.265 e. The molecule has 3 fully saturated rings. The third kappa shape index (κ3) is 2.00.